The van der Waals surface area contributed by atoms with E-state index < -0.39 is 11.6 Å². The third kappa shape index (κ3) is 5.29. The third-order valence-electron chi connectivity index (χ3n) is 7.34. The maximum absolute atomic E-state index is 15.1. The molecule has 0 aromatic heterocycles. The summed E-state index contributed by atoms with van der Waals surface area (Å²) in [6.07, 6.45) is 11.6. The van der Waals surface area contributed by atoms with Gasteiger partial charge in [0.05, 0.1) is 0 Å². The topological polar surface area (TPSA) is 0 Å². The number of hydrogen-bond acceptors (Lipinski definition) is 0. The van der Waals surface area contributed by atoms with Gasteiger partial charge in [-0.05, 0) is 97.6 Å². The maximum atomic E-state index is 15.1. The second-order valence-corrected chi connectivity index (χ2v) is 9.43. The average molecular weight is 463 g/mol. The zero-order valence-electron chi connectivity index (χ0n) is 20.1. The SMILES string of the molecule is CC=CCCC1CCC(c2ccc(-c3ccc(-c4ccc(CC)c(F)c4F)cc3)cc2F)CC1. The van der Waals surface area contributed by atoms with E-state index >= 15 is 4.39 Å². The van der Waals surface area contributed by atoms with Gasteiger partial charge in [-0.3, -0.25) is 0 Å². The molecule has 1 aliphatic rings. The molecule has 0 spiro atoms. The van der Waals surface area contributed by atoms with E-state index in [0.717, 1.165) is 41.9 Å². The Labute approximate surface area is 201 Å². The van der Waals surface area contributed by atoms with Gasteiger partial charge in [0.15, 0.2) is 11.6 Å². The summed E-state index contributed by atoms with van der Waals surface area (Å²) in [7, 11) is 0. The van der Waals surface area contributed by atoms with Crippen molar-refractivity contribution in [1.29, 1.82) is 0 Å². The Morgan fingerprint density at radius 1 is 0.794 bits per heavy atom. The summed E-state index contributed by atoms with van der Waals surface area (Å²) in [6.45, 7) is 3.86. The molecule has 0 unspecified atom stereocenters. The molecule has 3 aromatic rings. The highest BCUT2D eigenvalue weighted by atomic mass is 19.2. The molecule has 1 fully saturated rings. The van der Waals surface area contributed by atoms with Crippen LogP contribution in [0.5, 0.6) is 0 Å². The lowest BCUT2D eigenvalue weighted by Crippen LogP contribution is -2.14. The molecule has 0 atom stereocenters. The smallest absolute Gasteiger partial charge is 0.166 e. The van der Waals surface area contributed by atoms with Gasteiger partial charge in [0.2, 0.25) is 0 Å². The van der Waals surface area contributed by atoms with Crippen LogP contribution in [0.15, 0.2) is 66.7 Å². The molecule has 1 aliphatic carbocycles. The van der Waals surface area contributed by atoms with Crippen molar-refractivity contribution < 1.29 is 13.2 Å². The van der Waals surface area contributed by atoms with Gasteiger partial charge in [-0.2, -0.15) is 0 Å². The second-order valence-electron chi connectivity index (χ2n) is 9.43. The van der Waals surface area contributed by atoms with Crippen LogP contribution in [-0.4, -0.2) is 0 Å². The van der Waals surface area contributed by atoms with E-state index in [4.69, 9.17) is 0 Å². The summed E-state index contributed by atoms with van der Waals surface area (Å²) in [5.74, 6) is -0.710. The largest absolute Gasteiger partial charge is 0.207 e. The van der Waals surface area contributed by atoms with Crippen molar-refractivity contribution in [2.45, 2.75) is 64.7 Å². The molecule has 0 radical (unpaired) electrons. The van der Waals surface area contributed by atoms with Crippen LogP contribution in [0, 0.1) is 23.4 Å². The summed E-state index contributed by atoms with van der Waals surface area (Å²) in [5.41, 5.74) is 3.68. The molecule has 0 aliphatic heterocycles. The molecule has 0 bridgehead atoms. The van der Waals surface area contributed by atoms with E-state index in [1.807, 2.05) is 24.3 Å². The summed E-state index contributed by atoms with van der Waals surface area (Å²) in [4.78, 5) is 0. The zero-order valence-corrected chi connectivity index (χ0v) is 20.1. The number of rotatable bonds is 7. The van der Waals surface area contributed by atoms with Crippen molar-refractivity contribution in [2.75, 3.05) is 0 Å². The van der Waals surface area contributed by atoms with Crippen molar-refractivity contribution >= 4 is 0 Å². The lowest BCUT2D eigenvalue weighted by Gasteiger charge is -2.29. The highest BCUT2D eigenvalue weighted by Gasteiger charge is 2.24. The van der Waals surface area contributed by atoms with Gasteiger partial charge >= 0.3 is 0 Å². The van der Waals surface area contributed by atoms with Crippen LogP contribution in [0.4, 0.5) is 13.2 Å². The number of allylic oxidation sites excluding steroid dienone is 2. The summed E-state index contributed by atoms with van der Waals surface area (Å²) >= 11 is 0. The quantitative estimate of drug-likeness (QED) is 0.307. The van der Waals surface area contributed by atoms with Gasteiger partial charge in [0, 0.05) is 5.56 Å². The summed E-state index contributed by atoms with van der Waals surface area (Å²) in [5, 5.41) is 0. The van der Waals surface area contributed by atoms with Crippen LogP contribution < -0.4 is 0 Å². The Balaban J connectivity index is 1.46. The van der Waals surface area contributed by atoms with E-state index in [0.29, 0.717) is 23.5 Å². The molecule has 178 valence electrons. The molecule has 3 aromatic carbocycles. The lowest BCUT2D eigenvalue weighted by atomic mass is 9.77. The van der Waals surface area contributed by atoms with E-state index in [2.05, 4.69) is 19.1 Å². The van der Waals surface area contributed by atoms with Crippen molar-refractivity contribution in [2.24, 2.45) is 5.92 Å². The van der Waals surface area contributed by atoms with Crippen molar-refractivity contribution in [3.05, 3.63) is 95.3 Å². The fraction of sp³-hybridized carbons (Fsp3) is 0.355. The number of halogens is 3. The molecule has 1 saturated carbocycles. The first-order valence-electron chi connectivity index (χ1n) is 12.5. The minimum absolute atomic E-state index is 0.151. The Kier molecular flexibility index (Phi) is 7.92. The first-order chi connectivity index (χ1) is 16.5. The van der Waals surface area contributed by atoms with Crippen molar-refractivity contribution in [3.63, 3.8) is 0 Å². The fourth-order valence-electron chi connectivity index (χ4n) is 5.23. The maximum Gasteiger partial charge on any atom is 0.166 e. The van der Waals surface area contributed by atoms with Crippen LogP contribution in [0.2, 0.25) is 0 Å². The molecule has 4 rings (SSSR count). The van der Waals surface area contributed by atoms with Crippen LogP contribution in [0.3, 0.4) is 0 Å². The van der Waals surface area contributed by atoms with Gasteiger partial charge in [0.1, 0.15) is 5.82 Å². The van der Waals surface area contributed by atoms with Gasteiger partial charge < -0.3 is 0 Å². The highest BCUT2D eigenvalue weighted by molar-refractivity contribution is 5.71. The zero-order chi connectivity index (χ0) is 24.1. The average Bonchev–Trinajstić information content (AvgIpc) is 2.86. The van der Waals surface area contributed by atoms with Gasteiger partial charge in [0.25, 0.3) is 0 Å². The minimum Gasteiger partial charge on any atom is -0.207 e. The predicted octanol–water partition coefficient (Wildman–Crippen LogP) is 9.63. The molecule has 0 heterocycles. The molecule has 0 saturated heterocycles. The van der Waals surface area contributed by atoms with E-state index in [-0.39, 0.29) is 11.4 Å². The summed E-state index contributed by atoms with van der Waals surface area (Å²) in [6, 6.07) is 16.0. The molecule has 0 amide bonds. The molecule has 0 nitrogen and oxygen atoms in total. The Hall–Kier alpha value is -2.81. The van der Waals surface area contributed by atoms with Crippen LogP contribution in [0.1, 0.15) is 69.4 Å². The second kappa shape index (κ2) is 11.1. The Morgan fingerprint density at radius 2 is 1.47 bits per heavy atom. The predicted molar refractivity (Wildman–Crippen MR) is 135 cm³/mol. The van der Waals surface area contributed by atoms with E-state index in [9.17, 15) is 8.78 Å². The van der Waals surface area contributed by atoms with E-state index in [1.54, 1.807) is 37.3 Å². The lowest BCUT2D eigenvalue weighted by molar-refractivity contribution is 0.308. The Bertz CT molecular complexity index is 1140. The van der Waals surface area contributed by atoms with Gasteiger partial charge in [-0.1, -0.05) is 67.6 Å². The molecular formula is C31H33F3. The van der Waals surface area contributed by atoms with Gasteiger partial charge in [-0.25, -0.2) is 13.2 Å². The first-order valence-corrected chi connectivity index (χ1v) is 12.5. The van der Waals surface area contributed by atoms with Crippen LogP contribution in [-0.2, 0) is 6.42 Å². The summed E-state index contributed by atoms with van der Waals surface area (Å²) < 4.78 is 43.8. The normalized spacial score (nSPS) is 18.5. The Morgan fingerprint density at radius 3 is 2.12 bits per heavy atom. The standard InChI is InChI=1S/C31H33F3/c1-3-5-6-7-21-8-10-24(11-9-21)27-18-17-26(20-29(27)32)23-12-14-25(15-13-23)28-19-16-22(4-2)30(33)31(28)34/h3,5,12-21,24H,4,6-11H2,1-2H3. The van der Waals surface area contributed by atoms with Crippen molar-refractivity contribution in [3.8, 4) is 22.3 Å². The first kappa shape index (κ1) is 24.3. The molecular weight excluding hydrogens is 429 g/mol. The molecule has 34 heavy (non-hydrogen) atoms. The highest BCUT2D eigenvalue weighted by Crippen LogP contribution is 2.39. The molecule has 3 heteroatoms. The van der Waals surface area contributed by atoms with Crippen LogP contribution in [0.25, 0.3) is 22.3 Å². The fourth-order valence-corrected chi connectivity index (χ4v) is 5.23. The third-order valence-corrected chi connectivity index (χ3v) is 7.34. The molecule has 0 N–H and O–H groups in total. The number of benzene rings is 3. The monoisotopic (exact) mass is 462 g/mol. The van der Waals surface area contributed by atoms with E-state index in [1.165, 1.54) is 19.3 Å². The number of aryl methyl sites for hydroxylation is 1. The van der Waals surface area contributed by atoms with Gasteiger partial charge in [-0.15, -0.1) is 0 Å². The van der Waals surface area contributed by atoms with Crippen LogP contribution >= 0.6 is 0 Å². The number of hydrogen-bond donors (Lipinski definition) is 0. The minimum atomic E-state index is -0.820. The van der Waals surface area contributed by atoms with Crippen molar-refractivity contribution in [1.82, 2.24) is 0 Å².